The average molecular weight is 260 g/mol. The number of aromatic amines is 1. The lowest BCUT2D eigenvalue weighted by Gasteiger charge is -2.09. The standard InChI is InChI=1S/C12H10ClN5/c1-7-4-2-3-5-9(7)15-10-8-6-14-18-11(8)17-12(13)16-10/h2-6H,1H3,(H2,14,15,16,17,18). The Bertz CT molecular complexity index is 707. The van der Waals surface area contributed by atoms with Crippen LogP contribution < -0.4 is 5.32 Å². The van der Waals surface area contributed by atoms with Gasteiger partial charge in [0.25, 0.3) is 0 Å². The van der Waals surface area contributed by atoms with Crippen molar-refractivity contribution in [3.8, 4) is 0 Å². The summed E-state index contributed by atoms with van der Waals surface area (Å²) in [5, 5.41) is 11.0. The summed E-state index contributed by atoms with van der Waals surface area (Å²) in [5.41, 5.74) is 2.73. The number of H-pyrrole nitrogens is 1. The summed E-state index contributed by atoms with van der Waals surface area (Å²) in [4.78, 5) is 8.25. The van der Waals surface area contributed by atoms with Crippen molar-refractivity contribution in [1.82, 2.24) is 20.2 Å². The summed E-state index contributed by atoms with van der Waals surface area (Å²) in [6.45, 7) is 2.03. The van der Waals surface area contributed by atoms with Crippen LogP contribution >= 0.6 is 11.6 Å². The predicted octanol–water partition coefficient (Wildman–Crippen LogP) is 3.06. The maximum Gasteiger partial charge on any atom is 0.226 e. The summed E-state index contributed by atoms with van der Waals surface area (Å²) in [7, 11) is 0. The Balaban J connectivity index is 2.10. The third kappa shape index (κ3) is 1.89. The molecular formula is C12H10ClN5. The van der Waals surface area contributed by atoms with Crippen molar-refractivity contribution in [1.29, 1.82) is 0 Å². The van der Waals surface area contributed by atoms with Crippen LogP contribution in [0.25, 0.3) is 11.0 Å². The largest absolute Gasteiger partial charge is 0.339 e. The van der Waals surface area contributed by atoms with E-state index in [1.54, 1.807) is 6.20 Å². The average Bonchev–Trinajstić information content (AvgIpc) is 2.80. The van der Waals surface area contributed by atoms with Gasteiger partial charge in [0.15, 0.2) is 5.65 Å². The number of para-hydroxylation sites is 1. The third-order valence-electron chi connectivity index (χ3n) is 2.68. The Labute approximate surface area is 108 Å². The van der Waals surface area contributed by atoms with Crippen molar-refractivity contribution in [2.45, 2.75) is 6.92 Å². The van der Waals surface area contributed by atoms with Crippen LogP contribution in [-0.2, 0) is 0 Å². The Kier molecular flexibility index (Phi) is 2.60. The fraction of sp³-hybridized carbons (Fsp3) is 0.0833. The second-order valence-corrected chi connectivity index (χ2v) is 4.25. The van der Waals surface area contributed by atoms with Gasteiger partial charge in [-0.1, -0.05) is 18.2 Å². The smallest absolute Gasteiger partial charge is 0.226 e. The highest BCUT2D eigenvalue weighted by Gasteiger charge is 2.09. The molecule has 0 aliphatic rings. The van der Waals surface area contributed by atoms with Crippen molar-refractivity contribution in [2.75, 3.05) is 5.32 Å². The molecule has 0 radical (unpaired) electrons. The number of aryl methyl sites for hydroxylation is 1. The maximum absolute atomic E-state index is 5.88. The first-order chi connectivity index (χ1) is 8.74. The Morgan fingerprint density at radius 2 is 2.06 bits per heavy atom. The molecule has 3 aromatic rings. The number of fused-ring (bicyclic) bond motifs is 1. The van der Waals surface area contributed by atoms with E-state index in [4.69, 9.17) is 11.6 Å². The number of benzene rings is 1. The van der Waals surface area contributed by atoms with E-state index in [1.165, 1.54) is 0 Å². The van der Waals surface area contributed by atoms with Crippen LogP contribution in [0, 0.1) is 6.92 Å². The summed E-state index contributed by atoms with van der Waals surface area (Å²) in [6, 6.07) is 7.96. The number of anilines is 2. The molecule has 2 N–H and O–H groups in total. The molecular weight excluding hydrogens is 250 g/mol. The number of aromatic nitrogens is 4. The van der Waals surface area contributed by atoms with E-state index in [-0.39, 0.29) is 5.28 Å². The minimum absolute atomic E-state index is 0.183. The molecule has 90 valence electrons. The second-order valence-electron chi connectivity index (χ2n) is 3.91. The fourth-order valence-corrected chi connectivity index (χ4v) is 1.91. The second kappa shape index (κ2) is 4.27. The van der Waals surface area contributed by atoms with Gasteiger partial charge in [-0.15, -0.1) is 0 Å². The maximum atomic E-state index is 5.88. The van der Waals surface area contributed by atoms with Crippen molar-refractivity contribution < 1.29 is 0 Å². The van der Waals surface area contributed by atoms with Gasteiger partial charge in [0.2, 0.25) is 5.28 Å². The van der Waals surface area contributed by atoms with E-state index in [1.807, 2.05) is 31.2 Å². The number of nitrogens with zero attached hydrogens (tertiary/aromatic N) is 3. The van der Waals surface area contributed by atoms with E-state index >= 15 is 0 Å². The predicted molar refractivity (Wildman–Crippen MR) is 71.2 cm³/mol. The van der Waals surface area contributed by atoms with Gasteiger partial charge in [0, 0.05) is 5.69 Å². The molecule has 0 fully saturated rings. The van der Waals surface area contributed by atoms with Gasteiger partial charge in [0.1, 0.15) is 5.82 Å². The molecule has 0 unspecified atom stereocenters. The van der Waals surface area contributed by atoms with Gasteiger partial charge in [0.05, 0.1) is 11.6 Å². The zero-order chi connectivity index (χ0) is 12.5. The number of hydrogen-bond acceptors (Lipinski definition) is 4. The Morgan fingerprint density at radius 3 is 2.89 bits per heavy atom. The van der Waals surface area contributed by atoms with Gasteiger partial charge in [-0.25, -0.2) is 0 Å². The lowest BCUT2D eigenvalue weighted by Crippen LogP contribution is -1.97. The highest BCUT2D eigenvalue weighted by molar-refractivity contribution is 6.28. The molecule has 6 heteroatoms. The molecule has 2 aromatic heterocycles. The van der Waals surface area contributed by atoms with Crippen LogP contribution in [0.5, 0.6) is 0 Å². The van der Waals surface area contributed by atoms with Crippen LogP contribution in [0.4, 0.5) is 11.5 Å². The van der Waals surface area contributed by atoms with Gasteiger partial charge in [-0.2, -0.15) is 15.1 Å². The monoisotopic (exact) mass is 259 g/mol. The first-order valence-corrected chi connectivity index (χ1v) is 5.81. The third-order valence-corrected chi connectivity index (χ3v) is 2.85. The van der Waals surface area contributed by atoms with E-state index in [9.17, 15) is 0 Å². The first kappa shape index (κ1) is 11.0. The summed E-state index contributed by atoms with van der Waals surface area (Å²) < 4.78 is 0. The van der Waals surface area contributed by atoms with E-state index in [2.05, 4.69) is 25.5 Å². The molecule has 0 aliphatic heterocycles. The van der Waals surface area contributed by atoms with E-state index in [0.29, 0.717) is 11.5 Å². The molecule has 2 heterocycles. The molecule has 0 aliphatic carbocycles. The van der Waals surface area contributed by atoms with Gasteiger partial charge in [-0.3, -0.25) is 5.10 Å². The Hall–Kier alpha value is -2.14. The van der Waals surface area contributed by atoms with Crippen LogP contribution in [-0.4, -0.2) is 20.2 Å². The molecule has 0 bridgehead atoms. The lowest BCUT2D eigenvalue weighted by molar-refractivity contribution is 1.09. The number of rotatable bonds is 2. The van der Waals surface area contributed by atoms with E-state index in [0.717, 1.165) is 16.6 Å². The number of halogens is 1. The molecule has 18 heavy (non-hydrogen) atoms. The van der Waals surface area contributed by atoms with Crippen molar-refractivity contribution in [3.05, 3.63) is 41.3 Å². The number of nitrogens with one attached hydrogen (secondary N) is 2. The Morgan fingerprint density at radius 1 is 1.22 bits per heavy atom. The van der Waals surface area contributed by atoms with Crippen molar-refractivity contribution >= 4 is 34.1 Å². The SMILES string of the molecule is Cc1ccccc1Nc1nc(Cl)nc2[nH]ncc12. The van der Waals surface area contributed by atoms with Crippen molar-refractivity contribution in [2.24, 2.45) is 0 Å². The molecule has 0 spiro atoms. The molecule has 1 aromatic carbocycles. The summed E-state index contributed by atoms with van der Waals surface area (Å²) in [5.74, 6) is 0.646. The molecule has 0 amide bonds. The highest BCUT2D eigenvalue weighted by Crippen LogP contribution is 2.25. The molecule has 3 rings (SSSR count). The highest BCUT2D eigenvalue weighted by atomic mass is 35.5. The fourth-order valence-electron chi connectivity index (χ4n) is 1.74. The minimum Gasteiger partial charge on any atom is -0.339 e. The van der Waals surface area contributed by atoms with Gasteiger partial charge >= 0.3 is 0 Å². The topological polar surface area (TPSA) is 66.5 Å². The van der Waals surface area contributed by atoms with Crippen LogP contribution in [0.1, 0.15) is 5.56 Å². The van der Waals surface area contributed by atoms with Crippen LogP contribution in [0.2, 0.25) is 5.28 Å². The van der Waals surface area contributed by atoms with Crippen LogP contribution in [0.15, 0.2) is 30.5 Å². The molecule has 0 saturated heterocycles. The molecule has 0 atom stereocenters. The summed E-state index contributed by atoms with van der Waals surface area (Å²) in [6.07, 6.45) is 1.67. The molecule has 5 nitrogen and oxygen atoms in total. The van der Waals surface area contributed by atoms with Gasteiger partial charge in [-0.05, 0) is 30.2 Å². The normalized spacial score (nSPS) is 10.8. The van der Waals surface area contributed by atoms with Crippen molar-refractivity contribution in [3.63, 3.8) is 0 Å². The quantitative estimate of drug-likeness (QED) is 0.694. The van der Waals surface area contributed by atoms with E-state index < -0.39 is 0 Å². The number of hydrogen-bond donors (Lipinski definition) is 2. The van der Waals surface area contributed by atoms with Crippen LogP contribution in [0.3, 0.4) is 0 Å². The lowest BCUT2D eigenvalue weighted by atomic mass is 10.2. The molecule has 0 saturated carbocycles. The zero-order valence-corrected chi connectivity index (χ0v) is 10.4. The zero-order valence-electron chi connectivity index (χ0n) is 9.61. The van der Waals surface area contributed by atoms with Gasteiger partial charge < -0.3 is 5.32 Å². The summed E-state index contributed by atoms with van der Waals surface area (Å²) >= 11 is 5.88. The minimum atomic E-state index is 0.183. The first-order valence-electron chi connectivity index (χ1n) is 5.43.